The summed E-state index contributed by atoms with van der Waals surface area (Å²) in [6.07, 6.45) is -3.13. The van der Waals surface area contributed by atoms with Crippen molar-refractivity contribution in [2.75, 3.05) is 25.5 Å². The summed E-state index contributed by atoms with van der Waals surface area (Å²) in [6.45, 7) is 6.10. The second-order valence-corrected chi connectivity index (χ2v) is 13.0. The van der Waals surface area contributed by atoms with Gasteiger partial charge in [0, 0.05) is 22.7 Å². The van der Waals surface area contributed by atoms with Crippen LogP contribution in [-0.2, 0) is 27.3 Å². The lowest BCUT2D eigenvalue weighted by molar-refractivity contribution is -0.927. The first-order valence-corrected chi connectivity index (χ1v) is 16.1. The number of esters is 1. The number of aliphatic carboxylic acids is 1. The normalized spacial score (nSPS) is 17.8. The second kappa shape index (κ2) is 17.7. The summed E-state index contributed by atoms with van der Waals surface area (Å²) >= 11 is 6.06. The SMILES string of the molecule is CC(C)C(=O)Oc1ccc(NC(=O)N[C@@H](Cc2ccc(O)cc2)C(=O)N[C@H]2CCC[N+](C)(Cc3ccc(Cl)cc3)C2)cc1.O=C([O-])C(F)(F)F. The number of carboxylic acids is 1. The number of ether oxygens (including phenoxy) is 1. The molecule has 0 aliphatic carbocycles. The molecule has 11 nitrogen and oxygen atoms in total. The van der Waals surface area contributed by atoms with E-state index in [9.17, 15) is 32.7 Å². The van der Waals surface area contributed by atoms with Crippen molar-refractivity contribution in [2.24, 2.45) is 5.92 Å². The van der Waals surface area contributed by atoms with Gasteiger partial charge in [-0.1, -0.05) is 49.7 Å². The number of phenols is 1. The Morgan fingerprint density at radius 3 is 2.12 bits per heavy atom. The molecule has 4 N–H and O–H groups in total. The Labute approximate surface area is 293 Å². The summed E-state index contributed by atoms with van der Waals surface area (Å²) in [5.41, 5.74) is 2.46. The van der Waals surface area contributed by atoms with Crippen molar-refractivity contribution in [3.63, 3.8) is 0 Å². The number of carbonyl (C=O) groups excluding carboxylic acids is 4. The first-order valence-electron chi connectivity index (χ1n) is 15.8. The lowest BCUT2D eigenvalue weighted by atomic mass is 10.00. The number of anilines is 1. The number of carboxylic acid groups (broad SMARTS) is 1. The molecule has 0 saturated carbocycles. The van der Waals surface area contributed by atoms with E-state index >= 15 is 0 Å². The number of piperidine rings is 1. The highest BCUT2D eigenvalue weighted by molar-refractivity contribution is 6.30. The van der Waals surface area contributed by atoms with E-state index < -0.39 is 24.2 Å². The molecule has 1 fully saturated rings. The molecule has 3 atom stereocenters. The van der Waals surface area contributed by atoms with Crippen molar-refractivity contribution in [1.29, 1.82) is 0 Å². The van der Waals surface area contributed by atoms with Crippen molar-refractivity contribution in [3.05, 3.63) is 88.9 Å². The van der Waals surface area contributed by atoms with Crippen LogP contribution in [0.5, 0.6) is 11.5 Å². The highest BCUT2D eigenvalue weighted by Crippen LogP contribution is 2.23. The molecule has 0 radical (unpaired) electrons. The third-order valence-electron chi connectivity index (χ3n) is 7.77. The molecule has 1 aliphatic heterocycles. The summed E-state index contributed by atoms with van der Waals surface area (Å²) in [6, 6.07) is 19.4. The van der Waals surface area contributed by atoms with E-state index in [4.69, 9.17) is 26.2 Å². The minimum atomic E-state index is -5.19. The lowest BCUT2D eigenvalue weighted by Gasteiger charge is -2.42. The van der Waals surface area contributed by atoms with Crippen LogP contribution >= 0.6 is 11.6 Å². The fourth-order valence-corrected chi connectivity index (χ4v) is 5.40. The number of benzene rings is 3. The van der Waals surface area contributed by atoms with Crippen LogP contribution in [0.2, 0.25) is 5.02 Å². The van der Waals surface area contributed by atoms with Crippen LogP contribution in [-0.4, -0.2) is 71.9 Å². The van der Waals surface area contributed by atoms with E-state index in [0.29, 0.717) is 16.5 Å². The van der Waals surface area contributed by atoms with Gasteiger partial charge in [0.15, 0.2) is 0 Å². The number of amides is 3. The number of rotatable bonds is 10. The lowest BCUT2D eigenvalue weighted by Crippen LogP contribution is -2.59. The van der Waals surface area contributed by atoms with Gasteiger partial charge in [-0.15, -0.1) is 0 Å². The first kappa shape index (κ1) is 39.6. The van der Waals surface area contributed by atoms with Gasteiger partial charge in [0.05, 0.1) is 32.1 Å². The number of hydrogen-bond donors (Lipinski definition) is 4. The average Bonchev–Trinajstić information content (AvgIpc) is 3.03. The second-order valence-electron chi connectivity index (χ2n) is 12.6. The number of likely N-dealkylation sites (tertiary alicyclic amines) is 1. The van der Waals surface area contributed by atoms with E-state index in [1.807, 2.05) is 24.3 Å². The Morgan fingerprint density at radius 2 is 1.56 bits per heavy atom. The summed E-state index contributed by atoms with van der Waals surface area (Å²) in [7, 11) is 2.20. The van der Waals surface area contributed by atoms with Gasteiger partial charge >= 0.3 is 18.2 Å². The van der Waals surface area contributed by atoms with E-state index in [-0.39, 0.29) is 36.0 Å². The Hall–Kier alpha value is -4.82. The molecule has 270 valence electrons. The molecule has 50 heavy (non-hydrogen) atoms. The minimum Gasteiger partial charge on any atom is -0.542 e. The van der Waals surface area contributed by atoms with Crippen LogP contribution < -0.4 is 25.8 Å². The number of urea groups is 1. The van der Waals surface area contributed by atoms with Gasteiger partial charge in [0.25, 0.3) is 0 Å². The summed E-state index contributed by atoms with van der Waals surface area (Å²) in [4.78, 5) is 47.2. The zero-order chi connectivity index (χ0) is 37.1. The van der Waals surface area contributed by atoms with E-state index in [2.05, 4.69) is 23.0 Å². The van der Waals surface area contributed by atoms with E-state index in [0.717, 1.165) is 42.5 Å². The fourth-order valence-electron chi connectivity index (χ4n) is 5.27. The number of likely N-dealkylation sites (N-methyl/N-ethyl adjacent to an activating group) is 1. The van der Waals surface area contributed by atoms with Gasteiger partial charge in [-0.05, 0) is 66.9 Å². The molecule has 3 aromatic rings. The standard InChI is InChI=1S/C33H39ClN4O5.C2HF3O2/c1-22(2)32(41)43-29-16-12-26(13-17-29)36-33(42)37-30(19-23-8-14-28(39)15-9-23)31(40)35-27-5-4-18-38(3,21-27)20-24-6-10-25(34)11-7-24;3-2(4,5)1(6)7/h6-17,22,27,30H,4-5,18-21H2,1-3H3,(H3-,35,36,37,39,40,42);(H,6,7)/t27-,30-,38?;/m0./s1. The number of nitrogens with one attached hydrogen (secondary N) is 3. The molecule has 3 aromatic carbocycles. The van der Waals surface area contributed by atoms with Gasteiger partial charge in [0.1, 0.15) is 30.1 Å². The number of aromatic hydroxyl groups is 1. The smallest absolute Gasteiger partial charge is 0.430 e. The zero-order valence-electron chi connectivity index (χ0n) is 27.8. The highest BCUT2D eigenvalue weighted by atomic mass is 35.5. The van der Waals surface area contributed by atoms with Gasteiger partial charge in [-0.3, -0.25) is 9.59 Å². The van der Waals surface area contributed by atoms with Crippen molar-refractivity contribution in [2.45, 2.75) is 57.9 Å². The third kappa shape index (κ3) is 13.2. The Balaban J connectivity index is 0.000000872. The topological polar surface area (TPSA) is 157 Å². The highest BCUT2D eigenvalue weighted by Gasteiger charge is 2.34. The molecule has 3 amide bonds. The molecule has 4 rings (SSSR count). The van der Waals surface area contributed by atoms with E-state index in [1.165, 1.54) is 5.56 Å². The average molecular weight is 721 g/mol. The Bertz CT molecular complexity index is 1600. The first-order chi connectivity index (χ1) is 23.4. The molecule has 1 heterocycles. The number of halogens is 4. The largest absolute Gasteiger partial charge is 0.542 e. The maximum Gasteiger partial charge on any atom is 0.430 e. The van der Waals surface area contributed by atoms with Crippen molar-refractivity contribution >= 4 is 41.2 Å². The zero-order valence-corrected chi connectivity index (χ0v) is 28.5. The third-order valence-corrected chi connectivity index (χ3v) is 8.02. The molecule has 1 unspecified atom stereocenters. The molecule has 0 spiro atoms. The van der Waals surface area contributed by atoms with Gasteiger partial charge in [-0.25, -0.2) is 4.79 Å². The number of alkyl halides is 3. The van der Waals surface area contributed by atoms with Gasteiger partial charge < -0.3 is 40.2 Å². The molecular weight excluding hydrogens is 681 g/mol. The fraction of sp³-hybridized carbons (Fsp3) is 0.371. The molecule has 0 bridgehead atoms. The predicted molar refractivity (Wildman–Crippen MR) is 178 cm³/mol. The monoisotopic (exact) mass is 720 g/mol. The number of quaternary nitrogens is 1. The molecule has 1 aliphatic rings. The molecule has 0 aromatic heterocycles. The van der Waals surface area contributed by atoms with Gasteiger partial charge in [0.2, 0.25) is 5.91 Å². The molecule has 15 heteroatoms. The quantitative estimate of drug-likeness (QED) is 0.136. The van der Waals surface area contributed by atoms with Crippen molar-refractivity contribution in [3.8, 4) is 11.5 Å². The number of hydrogen-bond acceptors (Lipinski definition) is 7. The summed E-state index contributed by atoms with van der Waals surface area (Å²) in [5.74, 6) is -3.38. The number of nitrogens with zero attached hydrogens (tertiary/aromatic N) is 1. The van der Waals surface area contributed by atoms with Crippen LogP contribution in [0.1, 0.15) is 37.8 Å². The maximum atomic E-state index is 13.6. The minimum absolute atomic E-state index is 0.0492. The Morgan fingerprint density at radius 1 is 0.980 bits per heavy atom. The van der Waals surface area contributed by atoms with Crippen LogP contribution in [0.4, 0.5) is 23.7 Å². The number of phenolic OH excluding ortho intramolecular Hbond substituents is 1. The predicted octanol–water partition coefficient (Wildman–Crippen LogP) is 4.56. The molecular formula is C35H40ClF3N4O7. The maximum absolute atomic E-state index is 13.6. The van der Waals surface area contributed by atoms with Gasteiger partial charge in [-0.2, -0.15) is 13.2 Å². The van der Waals surface area contributed by atoms with Crippen LogP contribution in [0.15, 0.2) is 72.8 Å². The van der Waals surface area contributed by atoms with Crippen molar-refractivity contribution in [1.82, 2.24) is 10.6 Å². The summed E-state index contributed by atoms with van der Waals surface area (Å²) in [5, 5.41) is 27.9. The Kier molecular flexibility index (Phi) is 14.0. The molecule has 1 saturated heterocycles. The van der Waals surface area contributed by atoms with Crippen LogP contribution in [0.25, 0.3) is 0 Å². The summed E-state index contributed by atoms with van der Waals surface area (Å²) < 4.78 is 37.6. The van der Waals surface area contributed by atoms with E-state index in [1.54, 1.807) is 62.4 Å². The number of carbonyl (C=O) groups is 4. The van der Waals surface area contributed by atoms with Crippen LogP contribution in [0.3, 0.4) is 0 Å². The van der Waals surface area contributed by atoms with Crippen molar-refractivity contribution < 1.29 is 51.8 Å². The van der Waals surface area contributed by atoms with Crippen LogP contribution in [0, 0.1) is 5.92 Å².